The molecular weight excluding hydrogens is 344 g/mol. The van der Waals surface area contributed by atoms with E-state index in [-0.39, 0.29) is 11.5 Å². The van der Waals surface area contributed by atoms with Gasteiger partial charge >= 0.3 is 0 Å². The van der Waals surface area contributed by atoms with E-state index in [0.29, 0.717) is 27.2 Å². The number of thioether (sulfide) groups is 1. The Morgan fingerprint density at radius 2 is 1.62 bits per heavy atom. The second-order valence-electron chi connectivity index (χ2n) is 5.92. The van der Waals surface area contributed by atoms with Gasteiger partial charge in [-0.15, -0.1) is 0 Å². The molecule has 3 aromatic carbocycles. The molecule has 0 fully saturated rings. The highest BCUT2D eigenvalue weighted by Gasteiger charge is 2.22. The van der Waals surface area contributed by atoms with Crippen LogP contribution >= 0.6 is 11.8 Å². The van der Waals surface area contributed by atoms with Crippen molar-refractivity contribution in [2.45, 2.75) is 5.09 Å². The summed E-state index contributed by atoms with van der Waals surface area (Å²) in [5.74, 6) is -0.00209. The molecule has 0 saturated carbocycles. The maximum Gasteiger partial charge on any atom is 0.198 e. The van der Waals surface area contributed by atoms with E-state index in [1.165, 1.54) is 11.8 Å². The monoisotopic (exact) mass is 360 g/mol. The van der Waals surface area contributed by atoms with Crippen LogP contribution in [-0.2, 0) is 0 Å². The highest BCUT2D eigenvalue weighted by Crippen LogP contribution is 2.35. The first-order chi connectivity index (χ1) is 12.7. The van der Waals surface area contributed by atoms with Crippen molar-refractivity contribution in [1.82, 2.24) is 0 Å². The minimum Gasteiger partial charge on any atom is -0.508 e. The van der Waals surface area contributed by atoms with Crippen LogP contribution in [0.5, 0.6) is 5.75 Å². The third-order valence-electron chi connectivity index (χ3n) is 4.31. The fraction of sp³-hybridized carbons (Fsp3) is 0.0455. The summed E-state index contributed by atoms with van der Waals surface area (Å²) in [6.07, 6.45) is 1.87. The van der Waals surface area contributed by atoms with E-state index in [1.807, 2.05) is 60.9 Å². The van der Waals surface area contributed by atoms with Gasteiger partial charge in [0.15, 0.2) is 10.9 Å². The van der Waals surface area contributed by atoms with Gasteiger partial charge in [-0.2, -0.15) is 0 Å². The molecule has 3 nitrogen and oxygen atoms in total. The summed E-state index contributed by atoms with van der Waals surface area (Å²) in [5.41, 5.74) is 3.84. The highest BCUT2D eigenvalue weighted by atomic mass is 32.2. The molecule has 0 spiro atoms. The van der Waals surface area contributed by atoms with Crippen molar-refractivity contribution < 1.29 is 14.3 Å². The first kappa shape index (κ1) is 16.5. The van der Waals surface area contributed by atoms with Crippen molar-refractivity contribution in [3.63, 3.8) is 0 Å². The van der Waals surface area contributed by atoms with Crippen molar-refractivity contribution in [2.24, 2.45) is 0 Å². The molecular formula is C22H16O3S. The van der Waals surface area contributed by atoms with E-state index in [4.69, 9.17) is 4.42 Å². The van der Waals surface area contributed by atoms with Gasteiger partial charge in [0, 0.05) is 10.9 Å². The minimum absolute atomic E-state index is 0.111. The summed E-state index contributed by atoms with van der Waals surface area (Å²) in [6, 6.07) is 22.4. The zero-order valence-electron chi connectivity index (χ0n) is 14.1. The highest BCUT2D eigenvalue weighted by molar-refractivity contribution is 7.98. The van der Waals surface area contributed by atoms with Crippen LogP contribution in [0.15, 0.2) is 82.3 Å². The summed E-state index contributed by atoms with van der Waals surface area (Å²) >= 11 is 1.38. The molecule has 0 aliphatic rings. The van der Waals surface area contributed by atoms with Gasteiger partial charge in [0.2, 0.25) is 0 Å². The van der Waals surface area contributed by atoms with Crippen LogP contribution in [0.1, 0.15) is 15.9 Å². The lowest BCUT2D eigenvalue weighted by atomic mass is 9.99. The van der Waals surface area contributed by atoms with Crippen LogP contribution in [0.25, 0.3) is 22.1 Å². The zero-order valence-corrected chi connectivity index (χ0v) is 14.9. The summed E-state index contributed by atoms with van der Waals surface area (Å²) in [6.45, 7) is 0. The molecule has 1 heterocycles. The van der Waals surface area contributed by atoms with Gasteiger partial charge in [-0.05, 0) is 35.6 Å². The van der Waals surface area contributed by atoms with Gasteiger partial charge in [0.25, 0.3) is 0 Å². The number of carbonyl (C=O) groups excluding carboxylic acids is 1. The van der Waals surface area contributed by atoms with Gasteiger partial charge < -0.3 is 9.52 Å². The van der Waals surface area contributed by atoms with Gasteiger partial charge in [-0.1, -0.05) is 66.4 Å². The second-order valence-corrected chi connectivity index (χ2v) is 6.70. The van der Waals surface area contributed by atoms with Gasteiger partial charge in [0.05, 0.1) is 5.56 Å². The first-order valence-corrected chi connectivity index (χ1v) is 9.39. The Morgan fingerprint density at radius 1 is 0.923 bits per heavy atom. The van der Waals surface area contributed by atoms with E-state index < -0.39 is 0 Å². The molecule has 26 heavy (non-hydrogen) atoms. The number of fused-ring (bicyclic) bond motifs is 1. The van der Waals surface area contributed by atoms with Crippen LogP contribution in [-0.4, -0.2) is 17.1 Å². The average molecular weight is 360 g/mol. The third kappa shape index (κ3) is 2.89. The molecule has 0 radical (unpaired) electrons. The van der Waals surface area contributed by atoms with E-state index in [2.05, 4.69) is 0 Å². The number of benzene rings is 3. The Hall–Kier alpha value is -2.98. The zero-order chi connectivity index (χ0) is 18.1. The largest absolute Gasteiger partial charge is 0.508 e. The molecule has 1 N–H and O–H groups in total. The van der Waals surface area contributed by atoms with Crippen molar-refractivity contribution in [2.75, 3.05) is 6.26 Å². The molecule has 0 aliphatic carbocycles. The van der Waals surface area contributed by atoms with E-state index in [1.54, 1.807) is 18.2 Å². The number of hydrogen-bond donors (Lipinski definition) is 1. The predicted octanol–water partition coefficient (Wildman–Crippen LogP) is 5.76. The Labute approximate surface area is 155 Å². The maximum absolute atomic E-state index is 13.1. The fourth-order valence-electron chi connectivity index (χ4n) is 3.01. The number of phenolic OH excluding ortho intramolecular Hbond substituents is 1. The lowest BCUT2D eigenvalue weighted by Crippen LogP contribution is -2.01. The quantitative estimate of drug-likeness (QED) is 0.371. The normalized spacial score (nSPS) is 11.0. The van der Waals surface area contributed by atoms with Crippen LogP contribution < -0.4 is 0 Å². The molecule has 0 unspecified atom stereocenters. The predicted molar refractivity (Wildman–Crippen MR) is 105 cm³/mol. The van der Waals surface area contributed by atoms with E-state index in [0.717, 1.165) is 11.1 Å². The molecule has 128 valence electrons. The summed E-state index contributed by atoms with van der Waals surface area (Å²) in [4.78, 5) is 13.1. The first-order valence-electron chi connectivity index (χ1n) is 8.17. The Balaban J connectivity index is 1.76. The summed E-state index contributed by atoms with van der Waals surface area (Å²) in [5, 5.41) is 11.0. The number of carbonyl (C=O) groups is 1. The molecule has 1 aromatic heterocycles. The van der Waals surface area contributed by atoms with Gasteiger partial charge in [-0.25, -0.2) is 0 Å². The molecule has 4 rings (SSSR count). The van der Waals surface area contributed by atoms with Crippen LogP contribution in [0.2, 0.25) is 0 Å². The number of rotatable bonds is 4. The average Bonchev–Trinajstić information content (AvgIpc) is 3.06. The van der Waals surface area contributed by atoms with Crippen molar-refractivity contribution in [1.29, 1.82) is 0 Å². The summed E-state index contributed by atoms with van der Waals surface area (Å²) in [7, 11) is 0. The Kier molecular flexibility index (Phi) is 4.27. The Morgan fingerprint density at radius 3 is 2.31 bits per heavy atom. The lowest BCUT2D eigenvalue weighted by molar-refractivity contribution is 0.103. The number of hydrogen-bond acceptors (Lipinski definition) is 4. The molecule has 0 aliphatic heterocycles. The van der Waals surface area contributed by atoms with Crippen molar-refractivity contribution in [3.8, 4) is 16.9 Å². The molecule has 4 heteroatoms. The van der Waals surface area contributed by atoms with Crippen LogP contribution in [0.4, 0.5) is 0 Å². The number of aromatic hydroxyl groups is 1. The lowest BCUT2D eigenvalue weighted by Gasteiger charge is -2.05. The number of ketones is 1. The maximum atomic E-state index is 13.1. The van der Waals surface area contributed by atoms with Gasteiger partial charge in [0.1, 0.15) is 11.3 Å². The Bertz CT molecular complexity index is 1080. The third-order valence-corrected chi connectivity index (χ3v) is 4.96. The number of phenols is 1. The topological polar surface area (TPSA) is 50.4 Å². The molecule has 0 amide bonds. The SMILES string of the molecule is CSc1oc2ccc(O)cc2c1C(=O)c1ccc(-c2ccccc2)cc1. The molecule has 0 atom stereocenters. The van der Waals surface area contributed by atoms with Gasteiger partial charge in [-0.3, -0.25) is 4.79 Å². The minimum atomic E-state index is -0.113. The van der Waals surface area contributed by atoms with Crippen molar-refractivity contribution in [3.05, 3.63) is 83.9 Å². The van der Waals surface area contributed by atoms with Crippen LogP contribution in [0.3, 0.4) is 0 Å². The van der Waals surface area contributed by atoms with Crippen LogP contribution in [0, 0.1) is 0 Å². The second kappa shape index (κ2) is 6.73. The smallest absolute Gasteiger partial charge is 0.198 e. The fourth-order valence-corrected chi connectivity index (χ4v) is 3.59. The molecule has 0 bridgehead atoms. The molecule has 4 aromatic rings. The molecule has 0 saturated heterocycles. The standard InChI is InChI=1S/C22H16O3S/c1-26-22-20(18-13-17(23)11-12-19(18)25-22)21(24)16-9-7-15(8-10-16)14-5-3-2-4-6-14/h2-13,23H,1H3. The number of furan rings is 1. The summed E-state index contributed by atoms with van der Waals surface area (Å²) < 4.78 is 5.77. The van der Waals surface area contributed by atoms with E-state index >= 15 is 0 Å². The van der Waals surface area contributed by atoms with E-state index in [9.17, 15) is 9.90 Å². The van der Waals surface area contributed by atoms with Crippen molar-refractivity contribution >= 4 is 28.5 Å².